The summed E-state index contributed by atoms with van der Waals surface area (Å²) in [5, 5.41) is 7.61. The Bertz CT molecular complexity index is 522. The van der Waals surface area contributed by atoms with Gasteiger partial charge in [-0.2, -0.15) is 5.10 Å². The second-order valence-electron chi connectivity index (χ2n) is 4.27. The lowest BCUT2D eigenvalue weighted by Gasteiger charge is -2.09. The molecule has 1 aromatic carbocycles. The minimum absolute atomic E-state index is 0.579. The third-order valence-electron chi connectivity index (χ3n) is 2.90. The maximum Gasteiger partial charge on any atom is 0.147 e. The molecule has 2 rings (SSSR count). The number of para-hydroxylation sites is 1. The summed E-state index contributed by atoms with van der Waals surface area (Å²) in [5.74, 6) is 1.73. The van der Waals surface area contributed by atoms with Crippen LogP contribution in [-0.2, 0) is 13.5 Å². The van der Waals surface area contributed by atoms with E-state index in [1.165, 1.54) is 0 Å². The molecule has 2 aromatic rings. The SMILES string of the molecule is CCc1nn(C)c(NCCOc2ccccc2)c1N. The Morgan fingerprint density at radius 2 is 2.05 bits per heavy atom. The minimum atomic E-state index is 0.579. The lowest BCUT2D eigenvalue weighted by molar-refractivity contribution is 0.332. The second-order valence-corrected chi connectivity index (χ2v) is 4.27. The number of hydrogen-bond acceptors (Lipinski definition) is 4. The van der Waals surface area contributed by atoms with Crippen LogP contribution in [0, 0.1) is 0 Å². The smallest absolute Gasteiger partial charge is 0.147 e. The molecule has 3 N–H and O–H groups in total. The van der Waals surface area contributed by atoms with E-state index in [9.17, 15) is 0 Å². The van der Waals surface area contributed by atoms with E-state index in [4.69, 9.17) is 10.5 Å². The maximum atomic E-state index is 6.02. The van der Waals surface area contributed by atoms with Gasteiger partial charge in [0.05, 0.1) is 17.9 Å². The largest absolute Gasteiger partial charge is 0.492 e. The molecule has 0 amide bonds. The van der Waals surface area contributed by atoms with Gasteiger partial charge in [-0.05, 0) is 18.6 Å². The van der Waals surface area contributed by atoms with Crippen molar-refractivity contribution in [3.63, 3.8) is 0 Å². The van der Waals surface area contributed by atoms with Crippen molar-refractivity contribution < 1.29 is 4.74 Å². The number of aromatic nitrogens is 2. The van der Waals surface area contributed by atoms with Crippen molar-refractivity contribution in [1.82, 2.24) is 9.78 Å². The van der Waals surface area contributed by atoms with Crippen LogP contribution in [0.4, 0.5) is 11.5 Å². The molecule has 5 heteroatoms. The van der Waals surface area contributed by atoms with Gasteiger partial charge in [0, 0.05) is 7.05 Å². The third-order valence-corrected chi connectivity index (χ3v) is 2.90. The number of benzene rings is 1. The first-order chi connectivity index (χ1) is 9.22. The van der Waals surface area contributed by atoms with Crippen molar-refractivity contribution in [2.75, 3.05) is 24.2 Å². The summed E-state index contributed by atoms with van der Waals surface area (Å²) >= 11 is 0. The van der Waals surface area contributed by atoms with Crippen molar-refractivity contribution >= 4 is 11.5 Å². The lowest BCUT2D eigenvalue weighted by atomic mass is 10.3. The number of nitrogens with zero attached hydrogens (tertiary/aromatic N) is 2. The topological polar surface area (TPSA) is 65.1 Å². The van der Waals surface area contributed by atoms with Crippen molar-refractivity contribution in [2.45, 2.75) is 13.3 Å². The van der Waals surface area contributed by atoms with Gasteiger partial charge in [0.25, 0.3) is 0 Å². The molecule has 0 bridgehead atoms. The number of anilines is 2. The molecule has 0 saturated heterocycles. The van der Waals surface area contributed by atoms with Gasteiger partial charge in [-0.25, -0.2) is 0 Å². The van der Waals surface area contributed by atoms with Crippen molar-refractivity contribution in [1.29, 1.82) is 0 Å². The van der Waals surface area contributed by atoms with E-state index < -0.39 is 0 Å². The normalized spacial score (nSPS) is 10.4. The van der Waals surface area contributed by atoms with Crippen molar-refractivity contribution in [3.05, 3.63) is 36.0 Å². The van der Waals surface area contributed by atoms with Crippen LogP contribution >= 0.6 is 0 Å². The Labute approximate surface area is 113 Å². The van der Waals surface area contributed by atoms with Crippen LogP contribution in [0.3, 0.4) is 0 Å². The average molecular weight is 260 g/mol. The first kappa shape index (κ1) is 13.3. The molecule has 102 valence electrons. The summed E-state index contributed by atoms with van der Waals surface area (Å²) in [4.78, 5) is 0. The number of hydrogen-bond donors (Lipinski definition) is 2. The third kappa shape index (κ3) is 3.19. The highest BCUT2D eigenvalue weighted by Crippen LogP contribution is 2.21. The van der Waals surface area contributed by atoms with Gasteiger partial charge in [-0.3, -0.25) is 4.68 Å². The molecule has 0 unspecified atom stereocenters. The fraction of sp³-hybridized carbons (Fsp3) is 0.357. The number of nitrogens with two attached hydrogens (primary N) is 1. The van der Waals surface area contributed by atoms with E-state index in [1.54, 1.807) is 4.68 Å². The van der Waals surface area contributed by atoms with E-state index in [0.717, 1.165) is 29.4 Å². The molecule has 0 atom stereocenters. The summed E-state index contributed by atoms with van der Waals surface area (Å²) in [5.41, 5.74) is 7.67. The van der Waals surface area contributed by atoms with Gasteiger partial charge in [0.15, 0.2) is 0 Å². The predicted molar refractivity (Wildman–Crippen MR) is 77.4 cm³/mol. The molecule has 0 fully saturated rings. The molecule has 0 radical (unpaired) electrons. The molecule has 5 nitrogen and oxygen atoms in total. The monoisotopic (exact) mass is 260 g/mol. The predicted octanol–water partition coefficient (Wildman–Crippen LogP) is 2.06. The van der Waals surface area contributed by atoms with Crippen LogP contribution in [0.25, 0.3) is 0 Å². The highest BCUT2D eigenvalue weighted by atomic mass is 16.5. The van der Waals surface area contributed by atoms with Crippen LogP contribution in [0.5, 0.6) is 5.75 Å². The second kappa shape index (κ2) is 6.13. The number of rotatable bonds is 6. The number of nitrogens with one attached hydrogen (secondary N) is 1. The number of aryl methyl sites for hydroxylation is 2. The van der Waals surface area contributed by atoms with Crippen LogP contribution < -0.4 is 15.8 Å². The molecular formula is C14H20N4O. The molecule has 0 spiro atoms. The molecule has 19 heavy (non-hydrogen) atoms. The van der Waals surface area contributed by atoms with Gasteiger partial charge in [0.1, 0.15) is 18.2 Å². The molecule has 0 saturated carbocycles. The molecule has 0 aliphatic carbocycles. The highest BCUT2D eigenvalue weighted by molar-refractivity contribution is 5.64. The Morgan fingerprint density at radius 3 is 2.68 bits per heavy atom. The zero-order valence-corrected chi connectivity index (χ0v) is 11.4. The maximum absolute atomic E-state index is 6.02. The Morgan fingerprint density at radius 1 is 1.32 bits per heavy atom. The standard InChI is InChI=1S/C14H20N4O/c1-3-12-13(15)14(18(2)17-12)16-9-10-19-11-7-5-4-6-8-11/h4-8,16H,3,9-10,15H2,1-2H3. The summed E-state index contributed by atoms with van der Waals surface area (Å²) < 4.78 is 7.38. The summed E-state index contributed by atoms with van der Waals surface area (Å²) in [6, 6.07) is 9.75. The Balaban J connectivity index is 1.85. The van der Waals surface area contributed by atoms with E-state index in [2.05, 4.69) is 10.4 Å². The molecule has 0 aliphatic rings. The van der Waals surface area contributed by atoms with E-state index in [1.807, 2.05) is 44.3 Å². The van der Waals surface area contributed by atoms with Gasteiger partial charge < -0.3 is 15.8 Å². The fourth-order valence-electron chi connectivity index (χ4n) is 1.92. The van der Waals surface area contributed by atoms with Gasteiger partial charge in [-0.1, -0.05) is 25.1 Å². The first-order valence-corrected chi connectivity index (χ1v) is 6.45. The number of ether oxygens (including phenoxy) is 1. The molecular weight excluding hydrogens is 240 g/mol. The molecule has 0 aliphatic heterocycles. The summed E-state index contributed by atoms with van der Waals surface area (Å²) in [7, 11) is 1.88. The van der Waals surface area contributed by atoms with Crippen LogP contribution in [-0.4, -0.2) is 22.9 Å². The van der Waals surface area contributed by atoms with E-state index >= 15 is 0 Å². The Hall–Kier alpha value is -2.17. The van der Waals surface area contributed by atoms with Crippen LogP contribution in [0.1, 0.15) is 12.6 Å². The van der Waals surface area contributed by atoms with Gasteiger partial charge in [-0.15, -0.1) is 0 Å². The Kier molecular flexibility index (Phi) is 4.28. The summed E-state index contributed by atoms with van der Waals surface area (Å²) in [6.07, 6.45) is 0.835. The minimum Gasteiger partial charge on any atom is -0.492 e. The van der Waals surface area contributed by atoms with E-state index in [-0.39, 0.29) is 0 Å². The van der Waals surface area contributed by atoms with Gasteiger partial charge in [0.2, 0.25) is 0 Å². The van der Waals surface area contributed by atoms with Crippen molar-refractivity contribution in [2.24, 2.45) is 7.05 Å². The zero-order valence-electron chi connectivity index (χ0n) is 11.4. The molecule has 1 aromatic heterocycles. The lowest BCUT2D eigenvalue weighted by Crippen LogP contribution is -2.14. The quantitative estimate of drug-likeness (QED) is 0.780. The van der Waals surface area contributed by atoms with Gasteiger partial charge >= 0.3 is 0 Å². The first-order valence-electron chi connectivity index (χ1n) is 6.45. The van der Waals surface area contributed by atoms with E-state index in [0.29, 0.717) is 13.2 Å². The van der Waals surface area contributed by atoms with Crippen LogP contribution in [0.15, 0.2) is 30.3 Å². The average Bonchev–Trinajstić information content (AvgIpc) is 2.71. The van der Waals surface area contributed by atoms with Crippen LogP contribution in [0.2, 0.25) is 0 Å². The summed E-state index contributed by atoms with van der Waals surface area (Å²) in [6.45, 7) is 3.30. The molecule has 1 heterocycles. The highest BCUT2D eigenvalue weighted by Gasteiger charge is 2.10. The number of nitrogen functional groups attached to an aromatic ring is 1. The fourth-order valence-corrected chi connectivity index (χ4v) is 1.92. The van der Waals surface area contributed by atoms with Crippen molar-refractivity contribution in [3.8, 4) is 5.75 Å². The zero-order chi connectivity index (χ0) is 13.7.